The van der Waals surface area contributed by atoms with Crippen LogP contribution in [0.3, 0.4) is 0 Å². The number of carbonyl (C=O) groups excluding carboxylic acids is 1. The second-order valence-electron chi connectivity index (χ2n) is 6.57. The lowest BCUT2D eigenvalue weighted by atomic mass is 10.2. The summed E-state index contributed by atoms with van der Waals surface area (Å²) in [5.41, 5.74) is 2.38. The number of amides is 1. The molecule has 0 unspecified atom stereocenters. The number of piperazine rings is 1. The molecule has 6 heteroatoms. The molecule has 6 nitrogen and oxygen atoms in total. The molecule has 3 heterocycles. The van der Waals surface area contributed by atoms with E-state index in [-0.39, 0.29) is 5.91 Å². The van der Waals surface area contributed by atoms with E-state index in [0.717, 1.165) is 57.2 Å². The van der Waals surface area contributed by atoms with E-state index in [1.54, 1.807) is 12.4 Å². The van der Waals surface area contributed by atoms with Gasteiger partial charge in [0.15, 0.2) is 0 Å². The highest BCUT2D eigenvalue weighted by atomic mass is 16.2. The Labute approximate surface area is 148 Å². The van der Waals surface area contributed by atoms with Crippen LogP contribution in [0.2, 0.25) is 0 Å². The summed E-state index contributed by atoms with van der Waals surface area (Å²) < 4.78 is 0. The molecule has 130 valence electrons. The molecule has 2 aliphatic heterocycles. The minimum absolute atomic E-state index is 0.237. The summed E-state index contributed by atoms with van der Waals surface area (Å²) in [6, 6.07) is 8.23. The second kappa shape index (κ2) is 7.19. The molecule has 1 amide bonds. The van der Waals surface area contributed by atoms with Crippen LogP contribution in [0.1, 0.15) is 12.0 Å². The van der Waals surface area contributed by atoms with Gasteiger partial charge in [-0.25, -0.2) is 4.98 Å². The number of nitrogens with zero attached hydrogens (tertiary/aromatic N) is 5. The molecule has 0 radical (unpaired) electrons. The Kier molecular flexibility index (Phi) is 4.61. The molecule has 0 saturated carbocycles. The third kappa shape index (κ3) is 3.49. The highest BCUT2D eigenvalue weighted by Gasteiger charge is 2.25. The normalized spacial score (nSPS) is 17.6. The Morgan fingerprint density at radius 3 is 2.68 bits per heavy atom. The van der Waals surface area contributed by atoms with E-state index in [9.17, 15) is 4.79 Å². The second-order valence-corrected chi connectivity index (χ2v) is 6.57. The fraction of sp³-hybridized carbons (Fsp3) is 0.421. The van der Waals surface area contributed by atoms with Crippen molar-refractivity contribution in [3.63, 3.8) is 0 Å². The Morgan fingerprint density at radius 2 is 1.88 bits per heavy atom. The summed E-state index contributed by atoms with van der Waals surface area (Å²) in [6.45, 7) is 5.42. The smallest absolute Gasteiger partial charge is 0.228 e. The van der Waals surface area contributed by atoms with E-state index in [1.807, 2.05) is 23.2 Å². The maximum Gasteiger partial charge on any atom is 0.228 e. The van der Waals surface area contributed by atoms with Gasteiger partial charge in [-0.15, -0.1) is 0 Å². The monoisotopic (exact) mass is 337 g/mol. The summed E-state index contributed by atoms with van der Waals surface area (Å²) in [4.78, 5) is 27.7. The van der Waals surface area contributed by atoms with Crippen molar-refractivity contribution in [2.45, 2.75) is 12.8 Å². The van der Waals surface area contributed by atoms with Gasteiger partial charge >= 0.3 is 0 Å². The molecule has 1 saturated heterocycles. The van der Waals surface area contributed by atoms with Crippen LogP contribution in [-0.4, -0.2) is 60.0 Å². The van der Waals surface area contributed by atoms with Gasteiger partial charge in [0.2, 0.25) is 5.91 Å². The summed E-state index contributed by atoms with van der Waals surface area (Å²) in [7, 11) is 0. The van der Waals surface area contributed by atoms with Crippen molar-refractivity contribution < 1.29 is 4.79 Å². The molecule has 1 aromatic heterocycles. The lowest BCUT2D eigenvalue weighted by Crippen LogP contribution is -2.47. The van der Waals surface area contributed by atoms with Crippen LogP contribution < -0.4 is 9.80 Å². The minimum atomic E-state index is 0.237. The first kappa shape index (κ1) is 16.0. The van der Waals surface area contributed by atoms with Crippen LogP contribution in [0.15, 0.2) is 42.9 Å². The average molecular weight is 337 g/mol. The fourth-order valence-corrected chi connectivity index (χ4v) is 3.64. The van der Waals surface area contributed by atoms with Crippen molar-refractivity contribution in [1.29, 1.82) is 0 Å². The predicted octanol–water partition coefficient (Wildman–Crippen LogP) is 1.58. The highest BCUT2D eigenvalue weighted by Crippen LogP contribution is 2.27. The SMILES string of the molecule is O=C(CCN1CCN(c2cnccn2)CC1)N1CCc2ccccc21. The fourth-order valence-electron chi connectivity index (χ4n) is 3.64. The summed E-state index contributed by atoms with van der Waals surface area (Å²) in [5.74, 6) is 1.17. The molecule has 25 heavy (non-hydrogen) atoms. The van der Waals surface area contributed by atoms with E-state index >= 15 is 0 Å². The standard InChI is InChI=1S/C19H23N5O/c25-19(24-10-5-16-3-1-2-4-17(16)24)6-9-22-11-13-23(14-12-22)18-15-20-7-8-21-18/h1-4,7-8,15H,5-6,9-14H2. The Morgan fingerprint density at radius 1 is 1.04 bits per heavy atom. The van der Waals surface area contributed by atoms with E-state index in [0.29, 0.717) is 6.42 Å². The van der Waals surface area contributed by atoms with Crippen LogP contribution >= 0.6 is 0 Å². The number of hydrogen-bond donors (Lipinski definition) is 0. The summed E-state index contributed by atoms with van der Waals surface area (Å²) in [6.07, 6.45) is 6.79. The number of benzene rings is 1. The summed E-state index contributed by atoms with van der Waals surface area (Å²) in [5, 5.41) is 0. The van der Waals surface area contributed by atoms with Crippen molar-refractivity contribution >= 4 is 17.4 Å². The van der Waals surface area contributed by atoms with Crippen molar-refractivity contribution in [1.82, 2.24) is 14.9 Å². The number of fused-ring (bicyclic) bond motifs is 1. The van der Waals surface area contributed by atoms with Gasteiger partial charge in [-0.05, 0) is 18.1 Å². The molecule has 2 aliphatic rings. The Bertz CT molecular complexity index is 728. The number of para-hydroxylation sites is 1. The molecular weight excluding hydrogens is 314 g/mol. The lowest BCUT2D eigenvalue weighted by Gasteiger charge is -2.35. The van der Waals surface area contributed by atoms with Gasteiger partial charge < -0.3 is 9.80 Å². The largest absolute Gasteiger partial charge is 0.353 e. The zero-order valence-corrected chi connectivity index (χ0v) is 14.3. The molecule has 1 aromatic carbocycles. The van der Waals surface area contributed by atoms with Gasteiger partial charge in [0, 0.05) is 63.8 Å². The quantitative estimate of drug-likeness (QED) is 0.848. The average Bonchev–Trinajstić information content (AvgIpc) is 3.11. The van der Waals surface area contributed by atoms with Crippen LogP contribution in [0.4, 0.5) is 11.5 Å². The van der Waals surface area contributed by atoms with Crippen molar-refractivity contribution in [2.75, 3.05) is 49.1 Å². The minimum Gasteiger partial charge on any atom is -0.353 e. The van der Waals surface area contributed by atoms with E-state index in [2.05, 4.69) is 31.9 Å². The number of carbonyl (C=O) groups is 1. The molecule has 0 atom stereocenters. The predicted molar refractivity (Wildman–Crippen MR) is 97.8 cm³/mol. The number of aromatic nitrogens is 2. The van der Waals surface area contributed by atoms with Gasteiger partial charge in [0.25, 0.3) is 0 Å². The van der Waals surface area contributed by atoms with Crippen LogP contribution in [-0.2, 0) is 11.2 Å². The van der Waals surface area contributed by atoms with Crippen LogP contribution in [0, 0.1) is 0 Å². The Balaban J connectivity index is 1.27. The first-order chi connectivity index (χ1) is 12.3. The molecule has 1 fully saturated rings. The van der Waals surface area contributed by atoms with Crippen molar-refractivity contribution in [3.05, 3.63) is 48.4 Å². The Hall–Kier alpha value is -2.47. The first-order valence-corrected chi connectivity index (χ1v) is 8.93. The molecule has 4 rings (SSSR count). The topological polar surface area (TPSA) is 52.6 Å². The third-order valence-corrected chi connectivity index (χ3v) is 5.08. The summed E-state index contributed by atoms with van der Waals surface area (Å²) >= 11 is 0. The van der Waals surface area contributed by atoms with Gasteiger partial charge in [-0.3, -0.25) is 14.7 Å². The molecule has 0 bridgehead atoms. The van der Waals surface area contributed by atoms with E-state index in [4.69, 9.17) is 0 Å². The number of anilines is 2. The van der Waals surface area contributed by atoms with Crippen molar-refractivity contribution in [2.24, 2.45) is 0 Å². The van der Waals surface area contributed by atoms with Gasteiger partial charge in [-0.2, -0.15) is 0 Å². The molecule has 0 aliphatic carbocycles. The van der Waals surface area contributed by atoms with E-state index in [1.165, 1.54) is 5.56 Å². The molecule has 0 N–H and O–H groups in total. The first-order valence-electron chi connectivity index (χ1n) is 8.93. The van der Waals surface area contributed by atoms with Crippen LogP contribution in [0.5, 0.6) is 0 Å². The zero-order valence-electron chi connectivity index (χ0n) is 14.3. The maximum atomic E-state index is 12.6. The van der Waals surface area contributed by atoms with E-state index < -0.39 is 0 Å². The number of rotatable bonds is 4. The molecule has 0 spiro atoms. The third-order valence-electron chi connectivity index (χ3n) is 5.08. The van der Waals surface area contributed by atoms with Crippen molar-refractivity contribution in [3.8, 4) is 0 Å². The number of hydrogen-bond acceptors (Lipinski definition) is 5. The molecular formula is C19H23N5O. The van der Waals surface area contributed by atoms with Gasteiger partial charge in [0.1, 0.15) is 5.82 Å². The maximum absolute atomic E-state index is 12.6. The van der Waals surface area contributed by atoms with Gasteiger partial charge in [0.05, 0.1) is 6.20 Å². The zero-order chi connectivity index (χ0) is 17.1. The van der Waals surface area contributed by atoms with Gasteiger partial charge in [-0.1, -0.05) is 18.2 Å². The lowest BCUT2D eigenvalue weighted by molar-refractivity contribution is -0.118. The highest BCUT2D eigenvalue weighted by molar-refractivity contribution is 5.95. The molecule has 2 aromatic rings. The van der Waals surface area contributed by atoms with Crippen LogP contribution in [0.25, 0.3) is 0 Å².